The largest absolute Gasteiger partial charge is 0.478 e. The van der Waals surface area contributed by atoms with E-state index in [1.54, 1.807) is 13.8 Å². The van der Waals surface area contributed by atoms with Crippen molar-refractivity contribution in [3.8, 4) is 0 Å². The van der Waals surface area contributed by atoms with Gasteiger partial charge in [0, 0.05) is 17.0 Å². The molecular weight excluding hydrogens is 490 g/mol. The minimum Gasteiger partial charge on any atom is -0.478 e. The Balaban J connectivity index is 1.56. The zero-order valence-corrected chi connectivity index (χ0v) is 19.5. The third kappa shape index (κ3) is 4.82. The van der Waals surface area contributed by atoms with Gasteiger partial charge in [-0.05, 0) is 55.3 Å². The normalized spacial score (nSPS) is 13.3. The number of halogens is 2. The molecule has 0 spiro atoms. The van der Waals surface area contributed by atoms with Crippen LogP contribution in [-0.4, -0.2) is 39.0 Å². The number of rotatable bonds is 5. The highest BCUT2D eigenvalue weighted by molar-refractivity contribution is 6.35. The molecule has 2 aromatic carbocycles. The van der Waals surface area contributed by atoms with Crippen molar-refractivity contribution in [2.75, 3.05) is 10.6 Å². The Hall–Kier alpha value is -4.84. The maximum absolute atomic E-state index is 14.8. The number of carbonyl (C=O) groups excluding carboxylic acids is 3. The predicted octanol–water partition coefficient (Wildman–Crippen LogP) is 3.55. The summed E-state index contributed by atoms with van der Waals surface area (Å²) in [6.07, 6.45) is 1.41. The number of carboxylic acids is 1. The first-order valence-electron chi connectivity index (χ1n) is 10.8. The van der Waals surface area contributed by atoms with Gasteiger partial charge in [0.05, 0.1) is 34.7 Å². The lowest BCUT2D eigenvalue weighted by Crippen LogP contribution is -2.35. The van der Waals surface area contributed by atoms with Crippen LogP contribution in [-0.2, 0) is 11.4 Å². The SMILES string of the molecule is Cc1[nH]c(/C=C2\C(=O)Nc3cc(NC(=O)NC(=O)c4ccc(CO)cc4F)c(F)cc32)c(C)c1C(=O)O. The molecule has 0 radical (unpaired) electrons. The van der Waals surface area contributed by atoms with Gasteiger partial charge in [-0.25, -0.2) is 18.4 Å². The molecule has 12 heteroatoms. The summed E-state index contributed by atoms with van der Waals surface area (Å²) < 4.78 is 28.9. The van der Waals surface area contributed by atoms with E-state index < -0.39 is 47.6 Å². The zero-order valence-electron chi connectivity index (χ0n) is 19.5. The standard InChI is InChI=1S/C25H20F2N4O6/c1-10-18(28-11(2)21(10)24(35)36)7-15-14-6-17(27)20(8-19(14)29-23(15)34)30-25(37)31-22(33)13-4-3-12(9-32)5-16(13)26/h3-8,28,32H,9H2,1-2H3,(H,29,34)(H,35,36)(H2,30,31,33,37)/b15-7-. The minimum absolute atomic E-state index is 0.0704. The highest BCUT2D eigenvalue weighted by Gasteiger charge is 2.28. The number of imide groups is 1. The van der Waals surface area contributed by atoms with Crippen LogP contribution in [0.4, 0.5) is 25.0 Å². The van der Waals surface area contributed by atoms with Gasteiger partial charge in [0.15, 0.2) is 0 Å². The molecule has 0 atom stereocenters. The summed E-state index contributed by atoms with van der Waals surface area (Å²) >= 11 is 0. The Morgan fingerprint density at radius 3 is 2.43 bits per heavy atom. The van der Waals surface area contributed by atoms with Gasteiger partial charge in [0.1, 0.15) is 11.6 Å². The summed E-state index contributed by atoms with van der Waals surface area (Å²) in [7, 11) is 0. The summed E-state index contributed by atoms with van der Waals surface area (Å²) in [5.41, 5.74) is 1.08. The van der Waals surface area contributed by atoms with Crippen LogP contribution in [0.25, 0.3) is 11.6 Å². The topological polar surface area (TPSA) is 161 Å². The van der Waals surface area contributed by atoms with Crippen LogP contribution in [0.2, 0.25) is 0 Å². The van der Waals surface area contributed by atoms with Crippen LogP contribution in [0.3, 0.4) is 0 Å². The number of aryl methyl sites for hydroxylation is 1. The molecule has 0 saturated heterocycles. The number of aromatic nitrogens is 1. The first kappa shape index (κ1) is 25.3. The number of aliphatic hydroxyl groups is 1. The van der Waals surface area contributed by atoms with Gasteiger partial charge in [0.25, 0.3) is 11.8 Å². The number of fused-ring (bicyclic) bond motifs is 1. The van der Waals surface area contributed by atoms with E-state index in [0.717, 1.165) is 24.3 Å². The molecule has 1 aromatic heterocycles. The summed E-state index contributed by atoms with van der Waals surface area (Å²) in [5.74, 6) is -4.66. The Morgan fingerprint density at radius 1 is 1.08 bits per heavy atom. The number of amides is 4. The van der Waals surface area contributed by atoms with Crippen molar-refractivity contribution < 1.29 is 38.2 Å². The Bertz CT molecular complexity index is 1530. The highest BCUT2D eigenvalue weighted by Crippen LogP contribution is 2.37. The number of nitrogens with one attached hydrogen (secondary N) is 4. The van der Waals surface area contributed by atoms with E-state index in [1.807, 2.05) is 5.32 Å². The summed E-state index contributed by atoms with van der Waals surface area (Å²) in [6.45, 7) is 2.72. The number of hydrogen-bond acceptors (Lipinski definition) is 5. The van der Waals surface area contributed by atoms with Crippen molar-refractivity contribution in [3.05, 3.63) is 81.2 Å². The first-order valence-corrected chi connectivity index (χ1v) is 10.8. The van der Waals surface area contributed by atoms with Crippen LogP contribution in [0, 0.1) is 25.5 Å². The summed E-state index contributed by atoms with van der Waals surface area (Å²) in [4.78, 5) is 51.4. The molecular formula is C25H20F2N4O6. The number of carbonyl (C=O) groups is 4. The van der Waals surface area contributed by atoms with Gasteiger partial charge in [-0.1, -0.05) is 6.07 Å². The molecule has 4 rings (SSSR count). The molecule has 0 bridgehead atoms. The summed E-state index contributed by atoms with van der Waals surface area (Å²) in [5, 5.41) is 25.0. The van der Waals surface area contributed by atoms with E-state index in [-0.39, 0.29) is 33.6 Å². The Morgan fingerprint density at radius 2 is 1.81 bits per heavy atom. The number of aromatic carboxylic acids is 1. The molecule has 6 N–H and O–H groups in total. The lowest BCUT2D eigenvalue weighted by Gasteiger charge is -2.10. The smallest absolute Gasteiger partial charge is 0.337 e. The second kappa shape index (κ2) is 9.66. The van der Waals surface area contributed by atoms with Crippen LogP contribution >= 0.6 is 0 Å². The van der Waals surface area contributed by atoms with E-state index >= 15 is 0 Å². The first-order chi connectivity index (χ1) is 17.5. The molecule has 0 unspecified atom stereocenters. The average molecular weight is 510 g/mol. The molecule has 10 nitrogen and oxygen atoms in total. The predicted molar refractivity (Wildman–Crippen MR) is 129 cm³/mol. The third-order valence-corrected chi connectivity index (χ3v) is 5.80. The van der Waals surface area contributed by atoms with Crippen molar-refractivity contribution in [3.63, 3.8) is 0 Å². The molecule has 37 heavy (non-hydrogen) atoms. The van der Waals surface area contributed by atoms with Gasteiger partial charge in [-0.2, -0.15) is 0 Å². The number of aromatic amines is 1. The van der Waals surface area contributed by atoms with E-state index in [2.05, 4.69) is 15.6 Å². The van der Waals surface area contributed by atoms with Crippen molar-refractivity contribution in [1.29, 1.82) is 0 Å². The summed E-state index contributed by atoms with van der Waals surface area (Å²) in [6, 6.07) is 4.36. The van der Waals surface area contributed by atoms with Crippen LogP contribution in [0.1, 0.15) is 48.8 Å². The quantitative estimate of drug-likeness (QED) is 0.288. The fourth-order valence-corrected chi connectivity index (χ4v) is 4.00. The maximum atomic E-state index is 14.8. The molecule has 0 fully saturated rings. The van der Waals surface area contributed by atoms with Crippen molar-refractivity contribution in [2.24, 2.45) is 0 Å². The van der Waals surface area contributed by atoms with Gasteiger partial charge in [-0.3, -0.25) is 14.9 Å². The lowest BCUT2D eigenvalue weighted by atomic mass is 10.0. The van der Waals surface area contributed by atoms with Crippen molar-refractivity contribution >= 4 is 46.8 Å². The average Bonchev–Trinajstić information content (AvgIpc) is 3.28. The van der Waals surface area contributed by atoms with Gasteiger partial charge in [-0.15, -0.1) is 0 Å². The molecule has 3 aromatic rings. The number of carboxylic acid groups (broad SMARTS) is 1. The second-order valence-corrected chi connectivity index (χ2v) is 8.24. The van der Waals surface area contributed by atoms with E-state index in [0.29, 0.717) is 17.0 Å². The minimum atomic E-state index is -1.15. The van der Waals surface area contributed by atoms with Crippen LogP contribution < -0.4 is 16.0 Å². The number of urea groups is 1. The highest BCUT2D eigenvalue weighted by atomic mass is 19.1. The van der Waals surface area contributed by atoms with Crippen molar-refractivity contribution in [2.45, 2.75) is 20.5 Å². The number of H-pyrrole nitrogens is 1. The fourth-order valence-electron chi connectivity index (χ4n) is 4.00. The molecule has 4 amide bonds. The maximum Gasteiger partial charge on any atom is 0.337 e. The molecule has 0 saturated carbocycles. The van der Waals surface area contributed by atoms with Gasteiger partial charge >= 0.3 is 12.0 Å². The van der Waals surface area contributed by atoms with Crippen molar-refractivity contribution in [1.82, 2.24) is 10.3 Å². The third-order valence-electron chi connectivity index (χ3n) is 5.80. The molecule has 1 aliphatic heterocycles. The zero-order chi connectivity index (χ0) is 27.0. The van der Waals surface area contributed by atoms with Gasteiger partial charge < -0.3 is 25.8 Å². The Labute approximate surface area is 208 Å². The van der Waals surface area contributed by atoms with Crippen LogP contribution in [0.15, 0.2) is 30.3 Å². The molecule has 1 aliphatic rings. The lowest BCUT2D eigenvalue weighted by molar-refractivity contribution is -0.110. The fraction of sp³-hybridized carbons (Fsp3) is 0.120. The molecule has 190 valence electrons. The monoisotopic (exact) mass is 510 g/mol. The number of anilines is 2. The Kier molecular flexibility index (Phi) is 6.60. The van der Waals surface area contributed by atoms with Crippen LogP contribution in [0.5, 0.6) is 0 Å². The molecule has 0 aliphatic carbocycles. The van der Waals surface area contributed by atoms with E-state index in [1.165, 1.54) is 12.1 Å². The number of hydrogen-bond donors (Lipinski definition) is 6. The number of aliphatic hydroxyl groups excluding tert-OH is 1. The van der Waals surface area contributed by atoms with E-state index in [9.17, 15) is 33.1 Å². The second-order valence-electron chi connectivity index (χ2n) is 8.24. The number of benzene rings is 2. The molecule has 2 heterocycles. The van der Waals surface area contributed by atoms with E-state index in [4.69, 9.17) is 5.11 Å². The van der Waals surface area contributed by atoms with Gasteiger partial charge in [0.2, 0.25) is 0 Å².